The number of hydrogen-bond donors (Lipinski definition) is 2. The van der Waals surface area contributed by atoms with E-state index < -0.39 is 17.9 Å². The maximum Gasteiger partial charge on any atom is 0.223 e. The topological polar surface area (TPSA) is 63.3 Å². The Balaban J connectivity index is 2.62. The van der Waals surface area contributed by atoms with E-state index in [4.69, 9.17) is 5.73 Å². The van der Waals surface area contributed by atoms with Gasteiger partial charge in [0, 0.05) is 0 Å². The molecule has 1 rings (SSSR count). The molecule has 15 heavy (non-hydrogen) atoms. The average molecular weight is 205 g/mol. The van der Waals surface area contributed by atoms with Crippen molar-refractivity contribution in [2.24, 2.45) is 11.7 Å². The molecule has 1 aromatic carbocycles. The third kappa shape index (κ3) is 3.56. The molecular weight excluding hydrogens is 190 g/mol. The van der Waals surface area contributed by atoms with Gasteiger partial charge in [0.25, 0.3) is 0 Å². The first-order valence-electron chi connectivity index (χ1n) is 4.82. The molecule has 0 unspecified atom stereocenters. The standard InChI is InChI=1S/C12H15NO2/c1-9(12(13)15)11(14)8-7-10-5-3-2-4-6-10/h2-9,11,14H,1H3,(H2,13,15)/b8-7+/t9-,11+/m1/s1. The van der Waals surface area contributed by atoms with Crippen LogP contribution in [0, 0.1) is 5.92 Å². The molecule has 0 radical (unpaired) electrons. The molecule has 1 aromatic rings. The van der Waals surface area contributed by atoms with Crippen LogP contribution in [-0.2, 0) is 4.79 Å². The molecule has 0 fully saturated rings. The first-order chi connectivity index (χ1) is 7.11. The lowest BCUT2D eigenvalue weighted by Gasteiger charge is -2.10. The van der Waals surface area contributed by atoms with Gasteiger partial charge in [-0.25, -0.2) is 0 Å². The maximum absolute atomic E-state index is 10.8. The fourth-order valence-corrected chi connectivity index (χ4v) is 1.11. The fraction of sp³-hybridized carbons (Fsp3) is 0.250. The molecule has 1 amide bonds. The Morgan fingerprint density at radius 3 is 2.53 bits per heavy atom. The molecule has 2 atom stereocenters. The van der Waals surface area contributed by atoms with Crippen LogP contribution in [-0.4, -0.2) is 17.1 Å². The number of carbonyl (C=O) groups is 1. The molecule has 0 saturated carbocycles. The van der Waals surface area contributed by atoms with E-state index in [9.17, 15) is 9.90 Å². The van der Waals surface area contributed by atoms with Gasteiger partial charge in [0.15, 0.2) is 0 Å². The van der Waals surface area contributed by atoms with Crippen molar-refractivity contribution in [3.63, 3.8) is 0 Å². The number of amides is 1. The Bertz CT molecular complexity index is 346. The van der Waals surface area contributed by atoms with Gasteiger partial charge in [0.05, 0.1) is 12.0 Å². The molecule has 0 heterocycles. The van der Waals surface area contributed by atoms with Gasteiger partial charge >= 0.3 is 0 Å². The smallest absolute Gasteiger partial charge is 0.223 e. The Morgan fingerprint density at radius 2 is 2.00 bits per heavy atom. The predicted octanol–water partition coefficient (Wildman–Crippen LogP) is 1.18. The van der Waals surface area contributed by atoms with Crippen LogP contribution in [0.1, 0.15) is 12.5 Å². The molecule has 0 aliphatic rings. The molecule has 0 aliphatic carbocycles. The second-order valence-corrected chi connectivity index (χ2v) is 3.45. The minimum absolute atomic E-state index is 0.500. The molecule has 0 saturated heterocycles. The highest BCUT2D eigenvalue weighted by molar-refractivity contribution is 5.77. The van der Waals surface area contributed by atoms with Gasteiger partial charge in [0.1, 0.15) is 0 Å². The normalized spacial score (nSPS) is 15.1. The van der Waals surface area contributed by atoms with E-state index in [1.165, 1.54) is 0 Å². The van der Waals surface area contributed by atoms with Gasteiger partial charge in [-0.05, 0) is 5.56 Å². The van der Waals surface area contributed by atoms with E-state index in [2.05, 4.69) is 0 Å². The number of aliphatic hydroxyl groups excluding tert-OH is 1. The van der Waals surface area contributed by atoms with Crippen molar-refractivity contribution in [3.8, 4) is 0 Å². The summed E-state index contributed by atoms with van der Waals surface area (Å²) in [7, 11) is 0. The van der Waals surface area contributed by atoms with E-state index >= 15 is 0 Å². The number of hydrogen-bond acceptors (Lipinski definition) is 2. The number of carbonyl (C=O) groups excluding carboxylic acids is 1. The summed E-state index contributed by atoms with van der Waals surface area (Å²) in [5.74, 6) is -1.06. The molecular formula is C12H15NO2. The van der Waals surface area contributed by atoms with E-state index in [0.29, 0.717) is 0 Å². The Morgan fingerprint density at radius 1 is 1.40 bits per heavy atom. The Hall–Kier alpha value is -1.61. The van der Waals surface area contributed by atoms with Gasteiger partial charge in [-0.1, -0.05) is 49.4 Å². The van der Waals surface area contributed by atoms with Crippen LogP contribution in [0.5, 0.6) is 0 Å². The Kier molecular flexibility index (Phi) is 4.06. The van der Waals surface area contributed by atoms with Crippen LogP contribution in [0.25, 0.3) is 6.08 Å². The summed E-state index contributed by atoms with van der Waals surface area (Å²) in [6, 6.07) is 9.56. The second-order valence-electron chi connectivity index (χ2n) is 3.45. The number of rotatable bonds is 4. The third-order valence-electron chi connectivity index (χ3n) is 2.25. The summed E-state index contributed by atoms with van der Waals surface area (Å²) >= 11 is 0. The molecule has 0 bridgehead atoms. The number of primary amides is 1. The first-order valence-corrected chi connectivity index (χ1v) is 4.82. The highest BCUT2D eigenvalue weighted by atomic mass is 16.3. The van der Waals surface area contributed by atoms with E-state index in [1.54, 1.807) is 19.1 Å². The summed E-state index contributed by atoms with van der Waals surface area (Å²) in [6.45, 7) is 1.60. The van der Waals surface area contributed by atoms with E-state index in [1.807, 2.05) is 30.3 Å². The molecule has 0 aromatic heterocycles. The zero-order valence-electron chi connectivity index (χ0n) is 8.63. The number of benzene rings is 1. The lowest BCUT2D eigenvalue weighted by molar-refractivity contribution is -0.123. The van der Waals surface area contributed by atoms with E-state index in [-0.39, 0.29) is 0 Å². The van der Waals surface area contributed by atoms with Gasteiger partial charge in [-0.2, -0.15) is 0 Å². The molecule has 80 valence electrons. The van der Waals surface area contributed by atoms with Crippen molar-refractivity contribution < 1.29 is 9.90 Å². The third-order valence-corrected chi connectivity index (χ3v) is 2.25. The summed E-state index contributed by atoms with van der Waals surface area (Å²) in [6.07, 6.45) is 2.51. The highest BCUT2D eigenvalue weighted by Crippen LogP contribution is 2.07. The van der Waals surface area contributed by atoms with Crippen LogP contribution in [0.15, 0.2) is 36.4 Å². The summed E-state index contributed by atoms with van der Waals surface area (Å²) < 4.78 is 0. The highest BCUT2D eigenvalue weighted by Gasteiger charge is 2.16. The second kappa shape index (κ2) is 5.32. The molecule has 0 aliphatic heterocycles. The van der Waals surface area contributed by atoms with Gasteiger partial charge in [-0.3, -0.25) is 4.79 Å². The minimum Gasteiger partial charge on any atom is -0.388 e. The lowest BCUT2D eigenvalue weighted by atomic mass is 10.0. The van der Waals surface area contributed by atoms with Crippen LogP contribution in [0.3, 0.4) is 0 Å². The molecule has 3 nitrogen and oxygen atoms in total. The monoisotopic (exact) mass is 205 g/mol. The summed E-state index contributed by atoms with van der Waals surface area (Å²) in [4.78, 5) is 10.8. The summed E-state index contributed by atoms with van der Waals surface area (Å²) in [5.41, 5.74) is 6.05. The molecule has 0 spiro atoms. The van der Waals surface area contributed by atoms with Crippen molar-refractivity contribution in [3.05, 3.63) is 42.0 Å². The quantitative estimate of drug-likeness (QED) is 0.775. The van der Waals surface area contributed by atoms with E-state index in [0.717, 1.165) is 5.56 Å². The fourth-order valence-electron chi connectivity index (χ4n) is 1.11. The summed E-state index contributed by atoms with van der Waals surface area (Å²) in [5, 5.41) is 9.56. The minimum atomic E-state index is -0.831. The van der Waals surface area contributed by atoms with Crippen molar-refractivity contribution in [1.82, 2.24) is 0 Å². The first kappa shape index (κ1) is 11.5. The lowest BCUT2D eigenvalue weighted by Crippen LogP contribution is -2.29. The zero-order valence-corrected chi connectivity index (χ0v) is 8.63. The predicted molar refractivity (Wildman–Crippen MR) is 59.8 cm³/mol. The van der Waals surface area contributed by atoms with Crippen LogP contribution in [0.4, 0.5) is 0 Å². The number of aliphatic hydroxyl groups is 1. The maximum atomic E-state index is 10.8. The molecule has 3 heteroatoms. The van der Waals surface area contributed by atoms with Crippen molar-refractivity contribution in [1.29, 1.82) is 0 Å². The number of nitrogens with two attached hydrogens (primary N) is 1. The molecule has 3 N–H and O–H groups in total. The van der Waals surface area contributed by atoms with Crippen molar-refractivity contribution in [2.45, 2.75) is 13.0 Å². The largest absolute Gasteiger partial charge is 0.388 e. The van der Waals surface area contributed by atoms with Gasteiger partial charge < -0.3 is 10.8 Å². The van der Waals surface area contributed by atoms with Gasteiger partial charge in [0.2, 0.25) is 5.91 Å². The Labute approximate surface area is 89.2 Å². The van der Waals surface area contributed by atoms with Gasteiger partial charge in [-0.15, -0.1) is 0 Å². The zero-order chi connectivity index (χ0) is 11.3. The van der Waals surface area contributed by atoms with Crippen molar-refractivity contribution in [2.75, 3.05) is 0 Å². The van der Waals surface area contributed by atoms with Crippen LogP contribution >= 0.6 is 0 Å². The van der Waals surface area contributed by atoms with Crippen molar-refractivity contribution >= 4 is 12.0 Å². The van der Waals surface area contributed by atoms with Crippen LogP contribution < -0.4 is 5.73 Å². The average Bonchev–Trinajstić information content (AvgIpc) is 2.26. The van der Waals surface area contributed by atoms with Crippen LogP contribution in [0.2, 0.25) is 0 Å². The SMILES string of the molecule is C[C@@H](C(N)=O)[C@@H](O)/C=C/c1ccccc1.